The van der Waals surface area contributed by atoms with Crippen LogP contribution in [0.2, 0.25) is 0 Å². The molecule has 2 aromatic heterocycles. The Morgan fingerprint density at radius 3 is 2.57 bits per heavy atom. The molecule has 6 heteroatoms. The molecule has 1 aromatic carbocycles. The first-order valence-corrected chi connectivity index (χ1v) is 7.28. The van der Waals surface area contributed by atoms with Crippen molar-refractivity contribution < 1.29 is 9.21 Å². The molecule has 6 nitrogen and oxygen atoms in total. The standard InChI is InChI=1S/C17H16N4O2/c1-21(14-5-3-2-4-6-14)16(22)8-7-15-19-20-17(23-15)13-9-11-18-12-10-13/h2-6,9-12H,7-8H2,1H3. The highest BCUT2D eigenvalue weighted by atomic mass is 16.4. The molecule has 0 saturated carbocycles. The first-order valence-electron chi connectivity index (χ1n) is 7.28. The third kappa shape index (κ3) is 3.60. The minimum absolute atomic E-state index is 0.000129. The molecule has 23 heavy (non-hydrogen) atoms. The average molecular weight is 308 g/mol. The summed E-state index contributed by atoms with van der Waals surface area (Å²) in [7, 11) is 1.76. The SMILES string of the molecule is CN(C(=O)CCc1nnc(-c2ccncc2)o1)c1ccccc1. The molecule has 0 aliphatic carbocycles. The normalized spacial score (nSPS) is 10.5. The molecule has 3 rings (SSSR count). The van der Waals surface area contributed by atoms with Gasteiger partial charge in [0.15, 0.2) is 0 Å². The second-order valence-corrected chi connectivity index (χ2v) is 5.03. The van der Waals surface area contributed by atoms with Crippen molar-refractivity contribution in [3.8, 4) is 11.5 Å². The van der Waals surface area contributed by atoms with Gasteiger partial charge in [0.1, 0.15) is 0 Å². The number of pyridine rings is 1. The number of benzene rings is 1. The maximum atomic E-state index is 12.2. The van der Waals surface area contributed by atoms with E-state index in [0.29, 0.717) is 24.6 Å². The molecule has 0 aliphatic rings. The van der Waals surface area contributed by atoms with Crippen molar-refractivity contribution in [3.05, 3.63) is 60.7 Å². The third-order valence-corrected chi connectivity index (χ3v) is 3.46. The molecule has 2 heterocycles. The molecule has 0 radical (unpaired) electrons. The average Bonchev–Trinajstić information content (AvgIpc) is 3.09. The van der Waals surface area contributed by atoms with E-state index in [2.05, 4.69) is 15.2 Å². The first-order chi connectivity index (χ1) is 11.2. The first kappa shape index (κ1) is 14.9. The molecule has 0 fully saturated rings. The molecule has 0 saturated heterocycles. The molecular weight excluding hydrogens is 292 g/mol. The predicted octanol–water partition coefficient (Wildman–Crippen LogP) is 2.73. The number of carbonyl (C=O) groups excluding carboxylic acids is 1. The van der Waals surface area contributed by atoms with E-state index in [-0.39, 0.29) is 5.91 Å². The lowest BCUT2D eigenvalue weighted by atomic mass is 10.2. The van der Waals surface area contributed by atoms with Crippen LogP contribution in [0.5, 0.6) is 0 Å². The highest BCUT2D eigenvalue weighted by Gasteiger charge is 2.14. The molecule has 3 aromatic rings. The summed E-state index contributed by atoms with van der Waals surface area (Å²) in [5.74, 6) is 0.887. The quantitative estimate of drug-likeness (QED) is 0.724. The Morgan fingerprint density at radius 2 is 1.83 bits per heavy atom. The van der Waals surface area contributed by atoms with Gasteiger partial charge in [-0.1, -0.05) is 18.2 Å². The smallest absolute Gasteiger partial charge is 0.247 e. The number of hydrogen-bond acceptors (Lipinski definition) is 5. The number of carbonyl (C=O) groups is 1. The largest absolute Gasteiger partial charge is 0.421 e. The van der Waals surface area contributed by atoms with Gasteiger partial charge in [0.2, 0.25) is 17.7 Å². The maximum absolute atomic E-state index is 12.2. The summed E-state index contributed by atoms with van der Waals surface area (Å²) in [5.41, 5.74) is 1.67. The molecule has 0 spiro atoms. The fourth-order valence-corrected chi connectivity index (χ4v) is 2.14. The molecule has 1 amide bonds. The number of amides is 1. The Bertz CT molecular complexity index is 772. The topological polar surface area (TPSA) is 72.1 Å². The number of anilines is 1. The van der Waals surface area contributed by atoms with Gasteiger partial charge >= 0.3 is 0 Å². The van der Waals surface area contributed by atoms with E-state index in [9.17, 15) is 4.79 Å². The summed E-state index contributed by atoms with van der Waals surface area (Å²) in [6, 6.07) is 13.1. The summed E-state index contributed by atoms with van der Waals surface area (Å²) in [6.45, 7) is 0. The van der Waals surface area contributed by atoms with Crippen LogP contribution in [0.15, 0.2) is 59.3 Å². The highest BCUT2D eigenvalue weighted by Crippen LogP contribution is 2.18. The Morgan fingerprint density at radius 1 is 1.09 bits per heavy atom. The van der Waals surface area contributed by atoms with E-state index in [1.54, 1.807) is 36.5 Å². The van der Waals surface area contributed by atoms with Gasteiger partial charge in [-0.05, 0) is 24.3 Å². The number of rotatable bonds is 5. The van der Waals surface area contributed by atoms with Crippen molar-refractivity contribution in [2.45, 2.75) is 12.8 Å². The predicted molar refractivity (Wildman–Crippen MR) is 85.7 cm³/mol. The van der Waals surface area contributed by atoms with Crippen LogP contribution < -0.4 is 4.90 Å². The molecule has 0 aliphatic heterocycles. The molecule has 0 bridgehead atoms. The zero-order valence-electron chi connectivity index (χ0n) is 12.7. The zero-order chi connectivity index (χ0) is 16.1. The van der Waals surface area contributed by atoms with Gasteiger partial charge < -0.3 is 9.32 Å². The monoisotopic (exact) mass is 308 g/mol. The van der Waals surface area contributed by atoms with Gasteiger partial charge in [0.05, 0.1) is 0 Å². The fraction of sp³-hybridized carbons (Fsp3) is 0.176. The van der Waals surface area contributed by atoms with E-state index in [1.807, 2.05) is 30.3 Å². The number of hydrogen-bond donors (Lipinski definition) is 0. The van der Waals surface area contributed by atoms with Crippen LogP contribution in [0, 0.1) is 0 Å². The Balaban J connectivity index is 1.61. The van der Waals surface area contributed by atoms with E-state index in [4.69, 9.17) is 4.42 Å². The van der Waals surface area contributed by atoms with Gasteiger partial charge in [-0.25, -0.2) is 0 Å². The molecule has 116 valence electrons. The summed E-state index contributed by atoms with van der Waals surface area (Å²) in [4.78, 5) is 17.8. The number of aromatic nitrogens is 3. The summed E-state index contributed by atoms with van der Waals surface area (Å²) in [6.07, 6.45) is 4.05. The Labute approximate surface area is 133 Å². The number of nitrogens with zero attached hydrogens (tertiary/aromatic N) is 4. The van der Waals surface area contributed by atoms with E-state index < -0.39 is 0 Å². The second kappa shape index (κ2) is 6.83. The van der Waals surface area contributed by atoms with Gasteiger partial charge in [0, 0.05) is 43.5 Å². The van der Waals surface area contributed by atoms with Crippen LogP contribution in [0.3, 0.4) is 0 Å². The van der Waals surface area contributed by atoms with Gasteiger partial charge in [-0.15, -0.1) is 10.2 Å². The lowest BCUT2D eigenvalue weighted by Crippen LogP contribution is -2.26. The second-order valence-electron chi connectivity index (χ2n) is 5.03. The molecule has 0 atom stereocenters. The zero-order valence-corrected chi connectivity index (χ0v) is 12.7. The maximum Gasteiger partial charge on any atom is 0.247 e. The van der Waals surface area contributed by atoms with Gasteiger partial charge in [-0.2, -0.15) is 0 Å². The van der Waals surface area contributed by atoms with E-state index in [1.165, 1.54) is 0 Å². The third-order valence-electron chi connectivity index (χ3n) is 3.46. The van der Waals surface area contributed by atoms with Crippen LogP contribution in [0.25, 0.3) is 11.5 Å². The van der Waals surface area contributed by atoms with E-state index in [0.717, 1.165) is 11.3 Å². The van der Waals surface area contributed by atoms with Crippen molar-refractivity contribution in [2.75, 3.05) is 11.9 Å². The van der Waals surface area contributed by atoms with Crippen LogP contribution in [-0.4, -0.2) is 28.1 Å². The lowest BCUT2D eigenvalue weighted by molar-refractivity contribution is -0.118. The van der Waals surface area contributed by atoms with Crippen molar-refractivity contribution >= 4 is 11.6 Å². The summed E-state index contributed by atoms with van der Waals surface area (Å²) in [5, 5.41) is 7.99. The molecule has 0 N–H and O–H groups in total. The molecule has 0 unspecified atom stereocenters. The van der Waals surface area contributed by atoms with Gasteiger partial charge in [0.25, 0.3) is 0 Å². The highest BCUT2D eigenvalue weighted by molar-refractivity contribution is 5.92. The van der Waals surface area contributed by atoms with Crippen LogP contribution in [0.4, 0.5) is 5.69 Å². The van der Waals surface area contributed by atoms with Crippen molar-refractivity contribution in [2.24, 2.45) is 0 Å². The summed E-state index contributed by atoms with van der Waals surface area (Å²) < 4.78 is 5.58. The van der Waals surface area contributed by atoms with Crippen molar-refractivity contribution in [1.29, 1.82) is 0 Å². The van der Waals surface area contributed by atoms with Crippen molar-refractivity contribution in [1.82, 2.24) is 15.2 Å². The minimum Gasteiger partial charge on any atom is -0.421 e. The number of aryl methyl sites for hydroxylation is 1. The summed E-state index contributed by atoms with van der Waals surface area (Å²) >= 11 is 0. The number of para-hydroxylation sites is 1. The van der Waals surface area contributed by atoms with Crippen LogP contribution in [0.1, 0.15) is 12.3 Å². The van der Waals surface area contributed by atoms with E-state index >= 15 is 0 Å². The van der Waals surface area contributed by atoms with Crippen molar-refractivity contribution in [3.63, 3.8) is 0 Å². The van der Waals surface area contributed by atoms with Crippen LogP contribution >= 0.6 is 0 Å². The Kier molecular flexibility index (Phi) is 4.42. The molecular formula is C17H16N4O2. The van der Waals surface area contributed by atoms with Gasteiger partial charge in [-0.3, -0.25) is 9.78 Å². The fourth-order valence-electron chi connectivity index (χ4n) is 2.14. The Hall–Kier alpha value is -3.02. The lowest BCUT2D eigenvalue weighted by Gasteiger charge is -2.16. The van der Waals surface area contributed by atoms with Crippen LogP contribution in [-0.2, 0) is 11.2 Å². The minimum atomic E-state index is -0.000129.